The summed E-state index contributed by atoms with van der Waals surface area (Å²) in [6, 6.07) is 20.0. The van der Waals surface area contributed by atoms with Gasteiger partial charge in [0.15, 0.2) is 0 Å². The van der Waals surface area contributed by atoms with Crippen molar-refractivity contribution in [2.45, 2.75) is 64.2 Å². The fraction of sp³-hybridized carbons (Fsp3) is 0.379. The molecule has 5 nitrogen and oxygen atoms in total. The van der Waals surface area contributed by atoms with Crippen molar-refractivity contribution in [1.29, 1.82) is 0 Å². The fourth-order valence-electron chi connectivity index (χ4n) is 5.45. The number of hydrogen-bond acceptors (Lipinski definition) is 2. The Morgan fingerprint density at radius 2 is 1.71 bits per heavy atom. The van der Waals surface area contributed by atoms with Gasteiger partial charge in [0.25, 0.3) is 5.91 Å². The number of hydrogen-bond donors (Lipinski definition) is 1. The summed E-state index contributed by atoms with van der Waals surface area (Å²) in [6.07, 6.45) is 4.08. The van der Waals surface area contributed by atoms with E-state index in [2.05, 4.69) is 12.2 Å². The van der Waals surface area contributed by atoms with Crippen LogP contribution < -0.4 is 5.32 Å². The lowest BCUT2D eigenvalue weighted by atomic mass is 9.86. The van der Waals surface area contributed by atoms with E-state index in [0.717, 1.165) is 36.9 Å². The minimum atomic E-state index is -1.12. The normalized spacial score (nSPS) is 24.2. The maximum atomic E-state index is 14.0. The van der Waals surface area contributed by atoms with Gasteiger partial charge in [-0.25, -0.2) is 4.39 Å². The van der Waals surface area contributed by atoms with Crippen LogP contribution in [0.2, 0.25) is 0 Å². The third-order valence-corrected chi connectivity index (χ3v) is 7.65. The van der Waals surface area contributed by atoms with E-state index in [9.17, 15) is 14.0 Å². The van der Waals surface area contributed by atoms with E-state index in [1.54, 1.807) is 17.0 Å². The number of halogens is 1. The summed E-state index contributed by atoms with van der Waals surface area (Å²) in [4.78, 5) is 29.3. The Morgan fingerprint density at radius 1 is 1.00 bits per heavy atom. The first-order valence-electron chi connectivity index (χ1n) is 12.5. The van der Waals surface area contributed by atoms with Crippen molar-refractivity contribution in [3.05, 3.63) is 83.8 Å². The molecule has 2 amide bonds. The predicted octanol–water partition coefficient (Wildman–Crippen LogP) is 5.40. The van der Waals surface area contributed by atoms with Crippen LogP contribution in [0.25, 0.3) is 11.3 Å². The molecule has 35 heavy (non-hydrogen) atoms. The Morgan fingerprint density at radius 3 is 2.43 bits per heavy atom. The summed E-state index contributed by atoms with van der Waals surface area (Å²) in [5.41, 5.74) is 1.98. The molecular formula is C29H32FN3O2. The van der Waals surface area contributed by atoms with Gasteiger partial charge < -0.3 is 14.8 Å². The largest absolute Gasteiger partial charge is 0.351 e. The van der Waals surface area contributed by atoms with Crippen molar-refractivity contribution in [3.63, 3.8) is 0 Å². The quantitative estimate of drug-likeness (QED) is 0.539. The molecule has 5 rings (SSSR count). The lowest BCUT2D eigenvalue weighted by Crippen LogP contribution is -2.64. The molecule has 2 aromatic carbocycles. The van der Waals surface area contributed by atoms with E-state index < -0.39 is 5.54 Å². The van der Waals surface area contributed by atoms with E-state index in [1.807, 2.05) is 54.0 Å². The van der Waals surface area contributed by atoms with Gasteiger partial charge >= 0.3 is 0 Å². The summed E-state index contributed by atoms with van der Waals surface area (Å²) >= 11 is 0. The highest BCUT2D eigenvalue weighted by Gasteiger charge is 2.48. The molecule has 0 radical (unpaired) electrons. The van der Waals surface area contributed by atoms with Crippen molar-refractivity contribution in [2.24, 2.45) is 5.92 Å². The van der Waals surface area contributed by atoms with Crippen LogP contribution in [0.1, 0.15) is 55.6 Å². The van der Waals surface area contributed by atoms with Gasteiger partial charge in [0.2, 0.25) is 5.91 Å². The molecule has 2 aliphatic rings. The second kappa shape index (κ2) is 9.33. The molecule has 2 heterocycles. The predicted molar refractivity (Wildman–Crippen MR) is 134 cm³/mol. The summed E-state index contributed by atoms with van der Waals surface area (Å²) in [5.74, 6) is -0.0581. The van der Waals surface area contributed by atoms with Crippen molar-refractivity contribution in [2.75, 3.05) is 0 Å². The number of nitrogens with one attached hydrogen (secondary N) is 1. The van der Waals surface area contributed by atoms with Gasteiger partial charge in [0.1, 0.15) is 17.1 Å². The Balaban J connectivity index is 1.52. The van der Waals surface area contributed by atoms with Crippen molar-refractivity contribution in [3.8, 4) is 11.3 Å². The highest BCUT2D eigenvalue weighted by Crippen LogP contribution is 2.35. The standard InChI is InChI=1S/C29H32FN3O2/c1-20-11-13-24(14-12-20)31-28(35)29(2)19-32-25(22-8-4-3-5-9-22)15-16-26(32)27(34)33(29)18-21-7-6-10-23(30)17-21/h3-10,15-17,20,24H,11-14,18-19H2,1-2H3,(H,31,35). The van der Waals surface area contributed by atoms with Crippen molar-refractivity contribution < 1.29 is 14.0 Å². The van der Waals surface area contributed by atoms with Gasteiger partial charge in [-0.2, -0.15) is 0 Å². The Labute approximate surface area is 205 Å². The highest BCUT2D eigenvalue weighted by atomic mass is 19.1. The van der Waals surface area contributed by atoms with Crippen molar-refractivity contribution in [1.82, 2.24) is 14.8 Å². The van der Waals surface area contributed by atoms with Gasteiger partial charge in [0, 0.05) is 18.3 Å². The smallest absolute Gasteiger partial charge is 0.271 e. The molecule has 1 aliphatic heterocycles. The zero-order valence-corrected chi connectivity index (χ0v) is 20.3. The average Bonchev–Trinajstić information content (AvgIpc) is 3.27. The molecule has 0 spiro atoms. The van der Waals surface area contributed by atoms with Crippen LogP contribution in [-0.4, -0.2) is 32.9 Å². The molecule has 1 fully saturated rings. The summed E-state index contributed by atoms with van der Waals surface area (Å²) in [5, 5.41) is 3.26. The van der Waals surface area contributed by atoms with E-state index in [4.69, 9.17) is 0 Å². The molecule has 0 saturated heterocycles. The van der Waals surface area contributed by atoms with E-state index >= 15 is 0 Å². The third-order valence-electron chi connectivity index (χ3n) is 7.65. The molecule has 1 N–H and O–H groups in total. The fourth-order valence-corrected chi connectivity index (χ4v) is 5.45. The summed E-state index contributed by atoms with van der Waals surface area (Å²) in [7, 11) is 0. The zero-order chi connectivity index (χ0) is 24.6. The molecule has 182 valence electrons. The Bertz CT molecular complexity index is 1230. The first-order valence-corrected chi connectivity index (χ1v) is 12.5. The topological polar surface area (TPSA) is 54.3 Å². The number of fused-ring (bicyclic) bond motifs is 1. The molecule has 1 saturated carbocycles. The number of nitrogens with zero attached hydrogens (tertiary/aromatic N) is 2. The Hall–Kier alpha value is -3.41. The van der Waals surface area contributed by atoms with Crippen LogP contribution >= 0.6 is 0 Å². The van der Waals surface area contributed by atoms with Crippen LogP contribution in [0.15, 0.2) is 66.7 Å². The molecule has 1 aliphatic carbocycles. The zero-order valence-electron chi connectivity index (χ0n) is 20.3. The Kier molecular flexibility index (Phi) is 6.22. The molecular weight excluding hydrogens is 441 g/mol. The van der Waals surface area contributed by atoms with E-state index in [0.29, 0.717) is 23.7 Å². The van der Waals surface area contributed by atoms with Crippen LogP contribution in [-0.2, 0) is 17.9 Å². The third kappa shape index (κ3) is 4.49. The van der Waals surface area contributed by atoms with Gasteiger partial charge in [-0.3, -0.25) is 9.59 Å². The molecule has 6 heteroatoms. The lowest BCUT2D eigenvalue weighted by Gasteiger charge is -2.45. The SMILES string of the molecule is CC1CCC(NC(=O)C2(C)Cn3c(ccc3-c3ccccc3)C(=O)N2Cc2cccc(F)c2)CC1. The van der Waals surface area contributed by atoms with Crippen molar-refractivity contribution >= 4 is 11.8 Å². The maximum Gasteiger partial charge on any atom is 0.271 e. The van der Waals surface area contributed by atoms with Gasteiger partial charge in [0.05, 0.1) is 6.54 Å². The van der Waals surface area contributed by atoms with Crippen LogP contribution in [0.3, 0.4) is 0 Å². The van der Waals surface area contributed by atoms with Gasteiger partial charge in [-0.05, 0) is 73.9 Å². The van der Waals surface area contributed by atoms with Gasteiger partial charge in [-0.15, -0.1) is 0 Å². The summed E-state index contributed by atoms with van der Waals surface area (Å²) in [6.45, 7) is 4.57. The number of benzene rings is 2. The number of amides is 2. The summed E-state index contributed by atoms with van der Waals surface area (Å²) < 4.78 is 15.9. The monoisotopic (exact) mass is 473 g/mol. The van der Waals surface area contributed by atoms with Crippen LogP contribution in [0.4, 0.5) is 4.39 Å². The average molecular weight is 474 g/mol. The minimum absolute atomic E-state index is 0.112. The highest BCUT2D eigenvalue weighted by molar-refractivity contribution is 6.00. The van der Waals surface area contributed by atoms with E-state index in [-0.39, 0.29) is 30.2 Å². The van der Waals surface area contributed by atoms with Crippen LogP contribution in [0.5, 0.6) is 0 Å². The number of rotatable bonds is 5. The van der Waals surface area contributed by atoms with Gasteiger partial charge in [-0.1, -0.05) is 49.4 Å². The first kappa shape index (κ1) is 23.3. The second-order valence-corrected chi connectivity index (χ2v) is 10.3. The maximum absolute atomic E-state index is 14.0. The number of aromatic nitrogens is 1. The van der Waals surface area contributed by atoms with E-state index in [1.165, 1.54) is 12.1 Å². The molecule has 1 unspecified atom stereocenters. The second-order valence-electron chi connectivity index (χ2n) is 10.3. The molecule has 0 bridgehead atoms. The number of carbonyl (C=O) groups is 2. The molecule has 1 atom stereocenters. The minimum Gasteiger partial charge on any atom is -0.351 e. The first-order chi connectivity index (χ1) is 16.8. The number of carbonyl (C=O) groups excluding carboxylic acids is 2. The lowest BCUT2D eigenvalue weighted by molar-refractivity contribution is -0.134. The molecule has 1 aromatic heterocycles. The molecule has 3 aromatic rings. The van der Waals surface area contributed by atoms with Crippen LogP contribution in [0, 0.1) is 11.7 Å².